The van der Waals surface area contributed by atoms with Crippen molar-refractivity contribution < 1.29 is 5.11 Å². The largest absolute Gasteiger partial charge is 0.395 e. The molecule has 7 nitrogen and oxygen atoms in total. The summed E-state index contributed by atoms with van der Waals surface area (Å²) in [5.74, 6) is 0.842. The molecular weight excluding hydrogens is 208 g/mol. The molecular formula is C9H16N6O. The third-order valence-electron chi connectivity index (χ3n) is 2.51. The van der Waals surface area contributed by atoms with Crippen molar-refractivity contribution in [3.8, 4) is 0 Å². The average Bonchev–Trinajstić information content (AvgIpc) is 2.98. The monoisotopic (exact) mass is 224 g/mol. The van der Waals surface area contributed by atoms with Gasteiger partial charge in [-0.15, -0.1) is 0 Å². The van der Waals surface area contributed by atoms with E-state index in [1.54, 1.807) is 0 Å². The lowest BCUT2D eigenvalue weighted by Gasteiger charge is -2.19. The average molecular weight is 224 g/mol. The zero-order chi connectivity index (χ0) is 11.5. The Balaban J connectivity index is 2.05. The van der Waals surface area contributed by atoms with E-state index in [2.05, 4.69) is 19.9 Å². The van der Waals surface area contributed by atoms with Gasteiger partial charge in [-0.2, -0.15) is 15.0 Å². The number of nitrogens with zero attached hydrogens (tertiary/aromatic N) is 4. The highest BCUT2D eigenvalue weighted by Gasteiger charge is 2.29. The Morgan fingerprint density at radius 2 is 1.81 bits per heavy atom. The van der Waals surface area contributed by atoms with Crippen molar-refractivity contribution in [3.63, 3.8) is 0 Å². The Kier molecular flexibility index (Phi) is 3.16. The van der Waals surface area contributed by atoms with Crippen molar-refractivity contribution in [3.05, 3.63) is 5.82 Å². The maximum absolute atomic E-state index is 8.96. The van der Waals surface area contributed by atoms with Gasteiger partial charge in [0.05, 0.1) is 13.2 Å². The van der Waals surface area contributed by atoms with E-state index in [0.29, 0.717) is 25.0 Å². The lowest BCUT2D eigenvalue weighted by Crippen LogP contribution is -2.29. The number of aliphatic hydroxyl groups is 1. The van der Waals surface area contributed by atoms with Crippen molar-refractivity contribution in [2.75, 3.05) is 24.6 Å². The maximum atomic E-state index is 8.96. The van der Waals surface area contributed by atoms with Crippen LogP contribution in [-0.2, 0) is 6.54 Å². The Hall–Kier alpha value is -1.47. The molecule has 1 aliphatic rings. The minimum Gasteiger partial charge on any atom is -0.395 e. The van der Waals surface area contributed by atoms with Gasteiger partial charge in [-0.3, -0.25) is 4.90 Å². The van der Waals surface area contributed by atoms with Gasteiger partial charge in [0, 0.05) is 12.6 Å². The van der Waals surface area contributed by atoms with E-state index in [4.69, 9.17) is 16.6 Å². The molecule has 7 heteroatoms. The fourth-order valence-corrected chi connectivity index (χ4v) is 1.67. The van der Waals surface area contributed by atoms with E-state index >= 15 is 0 Å². The summed E-state index contributed by atoms with van der Waals surface area (Å²) in [4.78, 5) is 13.9. The lowest BCUT2D eigenvalue weighted by molar-refractivity contribution is 0.180. The van der Waals surface area contributed by atoms with Gasteiger partial charge in [0.2, 0.25) is 11.9 Å². The number of aromatic nitrogens is 3. The molecule has 0 aliphatic heterocycles. The number of hydrogen-bond donors (Lipinski definition) is 3. The molecule has 88 valence electrons. The van der Waals surface area contributed by atoms with Crippen LogP contribution in [0.3, 0.4) is 0 Å². The zero-order valence-electron chi connectivity index (χ0n) is 9.00. The van der Waals surface area contributed by atoms with Gasteiger partial charge in [-0.05, 0) is 12.8 Å². The van der Waals surface area contributed by atoms with Gasteiger partial charge in [0.25, 0.3) is 0 Å². The first-order chi connectivity index (χ1) is 7.69. The molecule has 2 rings (SSSR count). The minimum absolute atomic E-state index is 0.131. The van der Waals surface area contributed by atoms with Crippen LogP contribution in [0.25, 0.3) is 0 Å². The van der Waals surface area contributed by atoms with E-state index < -0.39 is 0 Å². The second-order valence-corrected chi connectivity index (χ2v) is 3.89. The molecule has 0 atom stereocenters. The third kappa shape index (κ3) is 2.77. The molecule has 5 N–H and O–H groups in total. The van der Waals surface area contributed by atoms with Crippen LogP contribution in [0.2, 0.25) is 0 Å². The van der Waals surface area contributed by atoms with Crippen molar-refractivity contribution >= 4 is 11.9 Å². The summed E-state index contributed by atoms with van der Waals surface area (Å²) < 4.78 is 0. The highest BCUT2D eigenvalue weighted by atomic mass is 16.3. The second kappa shape index (κ2) is 4.58. The van der Waals surface area contributed by atoms with Crippen LogP contribution in [0, 0.1) is 0 Å². The van der Waals surface area contributed by atoms with E-state index in [9.17, 15) is 0 Å². The van der Waals surface area contributed by atoms with Gasteiger partial charge in [-0.1, -0.05) is 0 Å². The summed E-state index contributed by atoms with van der Waals surface area (Å²) in [5, 5.41) is 8.96. The first-order valence-electron chi connectivity index (χ1n) is 5.30. The van der Waals surface area contributed by atoms with Crippen LogP contribution >= 0.6 is 0 Å². The lowest BCUT2D eigenvalue weighted by atomic mass is 10.4. The summed E-state index contributed by atoms with van der Waals surface area (Å²) in [5.41, 5.74) is 11.0. The molecule has 0 spiro atoms. The standard InChI is InChI=1S/C9H16N6O/c10-8-12-7(13-9(11)14-8)5-15(3-4-16)6-1-2-6/h6,16H,1-5H2,(H4,10,11,12,13,14). The minimum atomic E-state index is 0.131. The fraction of sp³-hybridized carbons (Fsp3) is 0.667. The van der Waals surface area contributed by atoms with E-state index in [1.165, 1.54) is 0 Å². The Morgan fingerprint density at radius 1 is 1.19 bits per heavy atom. The molecule has 0 aromatic carbocycles. The highest BCUT2D eigenvalue weighted by molar-refractivity contribution is 5.25. The van der Waals surface area contributed by atoms with Gasteiger partial charge in [0.15, 0.2) is 0 Å². The van der Waals surface area contributed by atoms with Gasteiger partial charge >= 0.3 is 0 Å². The Morgan fingerprint density at radius 3 is 2.31 bits per heavy atom. The molecule has 1 aromatic rings. The summed E-state index contributed by atoms with van der Waals surface area (Å²) in [6.45, 7) is 1.31. The number of anilines is 2. The Labute approximate surface area is 93.5 Å². The van der Waals surface area contributed by atoms with Crippen molar-refractivity contribution in [2.45, 2.75) is 25.4 Å². The van der Waals surface area contributed by atoms with Gasteiger partial charge in [-0.25, -0.2) is 0 Å². The molecule has 0 unspecified atom stereocenters. The van der Waals surface area contributed by atoms with Crippen LogP contribution < -0.4 is 11.5 Å². The molecule has 16 heavy (non-hydrogen) atoms. The molecule has 1 aliphatic carbocycles. The second-order valence-electron chi connectivity index (χ2n) is 3.89. The van der Waals surface area contributed by atoms with Gasteiger partial charge in [0.1, 0.15) is 5.82 Å². The number of rotatable bonds is 5. The first kappa shape index (κ1) is 11.0. The quantitative estimate of drug-likeness (QED) is 0.587. The predicted octanol–water partition coefficient (Wildman–Crippen LogP) is -1.01. The molecule has 1 aromatic heterocycles. The maximum Gasteiger partial charge on any atom is 0.225 e. The summed E-state index contributed by atoms with van der Waals surface area (Å²) >= 11 is 0. The third-order valence-corrected chi connectivity index (χ3v) is 2.51. The molecule has 0 amide bonds. The molecule has 1 fully saturated rings. The van der Waals surface area contributed by atoms with E-state index in [-0.39, 0.29) is 18.5 Å². The smallest absolute Gasteiger partial charge is 0.225 e. The number of nitrogen functional groups attached to an aromatic ring is 2. The molecule has 0 bridgehead atoms. The SMILES string of the molecule is Nc1nc(N)nc(CN(CCO)C2CC2)n1. The van der Waals surface area contributed by atoms with Crippen molar-refractivity contribution in [2.24, 2.45) is 0 Å². The zero-order valence-corrected chi connectivity index (χ0v) is 9.00. The molecule has 1 saturated carbocycles. The van der Waals surface area contributed by atoms with Crippen LogP contribution in [0.4, 0.5) is 11.9 Å². The molecule has 0 radical (unpaired) electrons. The number of hydrogen-bond acceptors (Lipinski definition) is 7. The van der Waals surface area contributed by atoms with Crippen LogP contribution in [-0.4, -0.2) is 44.2 Å². The van der Waals surface area contributed by atoms with Crippen LogP contribution in [0.15, 0.2) is 0 Å². The number of aliphatic hydroxyl groups excluding tert-OH is 1. The van der Waals surface area contributed by atoms with E-state index in [1.807, 2.05) is 0 Å². The summed E-state index contributed by atoms with van der Waals surface area (Å²) in [7, 11) is 0. The van der Waals surface area contributed by atoms with Crippen molar-refractivity contribution in [1.29, 1.82) is 0 Å². The Bertz CT molecular complexity index is 347. The van der Waals surface area contributed by atoms with Crippen LogP contribution in [0.5, 0.6) is 0 Å². The van der Waals surface area contributed by atoms with E-state index in [0.717, 1.165) is 12.8 Å². The fourth-order valence-electron chi connectivity index (χ4n) is 1.67. The van der Waals surface area contributed by atoms with Crippen molar-refractivity contribution in [1.82, 2.24) is 19.9 Å². The first-order valence-corrected chi connectivity index (χ1v) is 5.30. The molecule has 0 saturated heterocycles. The topological polar surface area (TPSA) is 114 Å². The highest BCUT2D eigenvalue weighted by Crippen LogP contribution is 2.27. The summed E-state index contributed by atoms with van der Waals surface area (Å²) in [6, 6.07) is 0.534. The van der Waals surface area contributed by atoms with Gasteiger partial charge < -0.3 is 16.6 Å². The number of nitrogens with two attached hydrogens (primary N) is 2. The summed E-state index contributed by atoms with van der Waals surface area (Å²) in [6.07, 6.45) is 2.33. The normalized spacial score (nSPS) is 15.6. The molecule has 1 heterocycles. The predicted molar refractivity (Wildman–Crippen MR) is 59.2 cm³/mol. The van der Waals surface area contributed by atoms with Crippen LogP contribution in [0.1, 0.15) is 18.7 Å².